The minimum absolute atomic E-state index is 0.208. The van der Waals surface area contributed by atoms with Crippen LogP contribution in [0.5, 0.6) is 5.75 Å². The highest BCUT2D eigenvalue weighted by Crippen LogP contribution is 2.30. The lowest BCUT2D eigenvalue weighted by molar-refractivity contribution is 0.192. The van der Waals surface area contributed by atoms with E-state index in [9.17, 15) is 5.11 Å². The molecule has 1 atom stereocenters. The Kier molecular flexibility index (Phi) is 4.17. The van der Waals surface area contributed by atoms with E-state index in [1.165, 1.54) is 0 Å². The summed E-state index contributed by atoms with van der Waals surface area (Å²) < 4.78 is 5.04. The first-order valence-electron chi connectivity index (χ1n) is 5.04. The van der Waals surface area contributed by atoms with Crippen molar-refractivity contribution in [3.05, 3.63) is 40.3 Å². The summed E-state index contributed by atoms with van der Waals surface area (Å²) in [7, 11) is 1.58. The zero-order valence-electron chi connectivity index (χ0n) is 9.42. The Morgan fingerprint density at radius 1 is 1.44 bits per heavy atom. The average Bonchev–Trinajstić information content (AvgIpc) is 2.36. The second-order valence-corrected chi connectivity index (χ2v) is 3.46. The third-order valence-corrected chi connectivity index (χ3v) is 2.71. The number of hydrogen-bond acceptors (Lipinski definition) is 3. The predicted octanol–water partition coefficient (Wildman–Crippen LogP) is 2.60. The van der Waals surface area contributed by atoms with Crippen molar-refractivity contribution < 1.29 is 9.84 Å². The van der Waals surface area contributed by atoms with Crippen molar-refractivity contribution in [2.24, 2.45) is 5.11 Å². The van der Waals surface area contributed by atoms with Crippen LogP contribution in [-0.2, 0) is 5.54 Å². The molecule has 0 bridgehead atoms. The van der Waals surface area contributed by atoms with Crippen molar-refractivity contribution in [3.63, 3.8) is 0 Å². The van der Waals surface area contributed by atoms with Crippen molar-refractivity contribution in [1.82, 2.24) is 0 Å². The Morgan fingerprint density at radius 3 is 2.44 bits per heavy atom. The molecule has 0 fully saturated rings. The van der Waals surface area contributed by atoms with Gasteiger partial charge in [-0.05, 0) is 29.6 Å². The summed E-state index contributed by atoms with van der Waals surface area (Å²) in [5, 5.41) is 13.1. The molecule has 86 valence electrons. The Morgan fingerprint density at radius 2 is 2.06 bits per heavy atom. The standard InChI is InChI=1S/C11H15N3O2/c1-3-11(8-15,13-14-12)9-4-6-10(16-2)7-5-9/h4-7,15H,3,8H2,1-2H3. The van der Waals surface area contributed by atoms with Gasteiger partial charge in [-0.25, -0.2) is 0 Å². The molecule has 0 aliphatic heterocycles. The highest BCUT2D eigenvalue weighted by molar-refractivity contribution is 5.32. The van der Waals surface area contributed by atoms with E-state index in [-0.39, 0.29) is 6.61 Å². The predicted molar refractivity (Wildman–Crippen MR) is 61.2 cm³/mol. The van der Waals surface area contributed by atoms with E-state index in [2.05, 4.69) is 10.0 Å². The van der Waals surface area contributed by atoms with Crippen molar-refractivity contribution in [1.29, 1.82) is 0 Å². The maximum Gasteiger partial charge on any atom is 0.118 e. The summed E-state index contributed by atoms with van der Waals surface area (Å²) in [6.07, 6.45) is 0.542. The molecule has 1 aromatic carbocycles. The van der Waals surface area contributed by atoms with Gasteiger partial charge < -0.3 is 9.84 Å². The Bertz CT molecular complexity index is 379. The number of hydrogen-bond donors (Lipinski definition) is 1. The van der Waals surface area contributed by atoms with Gasteiger partial charge in [-0.3, -0.25) is 0 Å². The largest absolute Gasteiger partial charge is 0.497 e. The van der Waals surface area contributed by atoms with E-state index < -0.39 is 5.54 Å². The molecule has 0 heterocycles. The first-order valence-corrected chi connectivity index (χ1v) is 5.04. The van der Waals surface area contributed by atoms with Crippen LogP contribution < -0.4 is 4.74 Å². The average molecular weight is 221 g/mol. The second kappa shape index (κ2) is 5.39. The maximum atomic E-state index is 9.39. The number of methoxy groups -OCH3 is 1. The lowest BCUT2D eigenvalue weighted by atomic mass is 9.89. The number of nitrogens with zero attached hydrogens (tertiary/aromatic N) is 3. The van der Waals surface area contributed by atoms with Gasteiger partial charge in [0.25, 0.3) is 0 Å². The van der Waals surface area contributed by atoms with Gasteiger partial charge in [-0.2, -0.15) is 0 Å². The quantitative estimate of drug-likeness (QED) is 0.471. The first kappa shape index (κ1) is 12.4. The number of azide groups is 1. The normalized spacial score (nSPS) is 13.7. The minimum atomic E-state index is -0.874. The topological polar surface area (TPSA) is 78.2 Å². The molecule has 0 aromatic heterocycles. The van der Waals surface area contributed by atoms with Crippen molar-refractivity contribution in [2.75, 3.05) is 13.7 Å². The van der Waals surface area contributed by atoms with Crippen LogP contribution in [0.4, 0.5) is 0 Å². The summed E-state index contributed by atoms with van der Waals surface area (Å²) in [4.78, 5) is 2.80. The Balaban J connectivity index is 3.15. The molecule has 0 radical (unpaired) electrons. The second-order valence-electron chi connectivity index (χ2n) is 3.46. The van der Waals surface area contributed by atoms with Gasteiger partial charge in [0.15, 0.2) is 0 Å². The number of aliphatic hydroxyl groups is 1. The van der Waals surface area contributed by atoms with Crippen LogP contribution in [0.1, 0.15) is 18.9 Å². The van der Waals surface area contributed by atoms with E-state index >= 15 is 0 Å². The van der Waals surface area contributed by atoms with Crippen LogP contribution in [0.15, 0.2) is 29.4 Å². The van der Waals surface area contributed by atoms with E-state index in [1.54, 1.807) is 31.4 Å². The summed E-state index contributed by atoms with van der Waals surface area (Å²) >= 11 is 0. The molecular formula is C11H15N3O2. The third kappa shape index (κ3) is 2.27. The molecule has 1 N–H and O–H groups in total. The van der Waals surface area contributed by atoms with Crippen LogP contribution in [0.3, 0.4) is 0 Å². The number of rotatable bonds is 5. The van der Waals surface area contributed by atoms with E-state index in [1.807, 2.05) is 6.92 Å². The number of benzene rings is 1. The van der Waals surface area contributed by atoms with E-state index in [0.29, 0.717) is 6.42 Å². The van der Waals surface area contributed by atoms with Gasteiger partial charge >= 0.3 is 0 Å². The fourth-order valence-corrected chi connectivity index (χ4v) is 1.55. The number of ether oxygens (including phenoxy) is 1. The molecule has 5 nitrogen and oxygen atoms in total. The molecule has 16 heavy (non-hydrogen) atoms. The summed E-state index contributed by atoms with van der Waals surface area (Å²) in [5.41, 5.74) is 8.46. The molecule has 0 aliphatic carbocycles. The number of aliphatic hydroxyl groups excluding tert-OH is 1. The summed E-state index contributed by atoms with van der Waals surface area (Å²) in [6.45, 7) is 1.66. The molecule has 0 saturated carbocycles. The van der Waals surface area contributed by atoms with Crippen LogP contribution in [0.25, 0.3) is 10.4 Å². The van der Waals surface area contributed by atoms with Crippen LogP contribution in [0, 0.1) is 0 Å². The molecule has 0 aliphatic rings. The van der Waals surface area contributed by atoms with Crippen molar-refractivity contribution in [3.8, 4) is 5.75 Å². The molecule has 5 heteroatoms. The highest BCUT2D eigenvalue weighted by Gasteiger charge is 2.28. The zero-order chi connectivity index (χ0) is 12.0. The van der Waals surface area contributed by atoms with E-state index in [0.717, 1.165) is 11.3 Å². The third-order valence-electron chi connectivity index (χ3n) is 2.71. The van der Waals surface area contributed by atoms with Crippen LogP contribution in [-0.4, -0.2) is 18.8 Å². The van der Waals surface area contributed by atoms with E-state index in [4.69, 9.17) is 10.3 Å². The van der Waals surface area contributed by atoms with Gasteiger partial charge in [-0.15, -0.1) is 0 Å². The van der Waals surface area contributed by atoms with Gasteiger partial charge in [0.05, 0.1) is 19.3 Å². The Hall–Kier alpha value is -1.71. The van der Waals surface area contributed by atoms with Gasteiger partial charge in [0.2, 0.25) is 0 Å². The maximum absolute atomic E-state index is 9.39. The smallest absolute Gasteiger partial charge is 0.118 e. The first-order chi connectivity index (χ1) is 7.72. The summed E-state index contributed by atoms with van der Waals surface area (Å²) in [5.74, 6) is 0.729. The van der Waals surface area contributed by atoms with Gasteiger partial charge in [-0.1, -0.05) is 24.2 Å². The molecule has 1 unspecified atom stereocenters. The molecule has 1 aromatic rings. The van der Waals surface area contributed by atoms with Crippen LogP contribution in [0.2, 0.25) is 0 Å². The van der Waals surface area contributed by atoms with Gasteiger partial charge in [0, 0.05) is 4.91 Å². The molecular weight excluding hydrogens is 206 g/mol. The SMILES string of the molecule is CCC(CO)(N=[N+]=[N-])c1ccc(OC)cc1. The lowest BCUT2D eigenvalue weighted by Crippen LogP contribution is -2.26. The van der Waals surface area contributed by atoms with Crippen molar-refractivity contribution in [2.45, 2.75) is 18.9 Å². The highest BCUT2D eigenvalue weighted by atomic mass is 16.5. The lowest BCUT2D eigenvalue weighted by Gasteiger charge is -2.25. The molecule has 0 spiro atoms. The minimum Gasteiger partial charge on any atom is -0.497 e. The van der Waals surface area contributed by atoms with Crippen LogP contribution >= 0.6 is 0 Å². The summed E-state index contributed by atoms with van der Waals surface area (Å²) in [6, 6.07) is 7.16. The fraction of sp³-hybridized carbons (Fsp3) is 0.455. The molecule has 1 rings (SSSR count). The molecule has 0 amide bonds. The monoisotopic (exact) mass is 221 g/mol. The van der Waals surface area contributed by atoms with Crippen molar-refractivity contribution >= 4 is 0 Å². The molecule has 0 saturated heterocycles. The van der Waals surface area contributed by atoms with Gasteiger partial charge in [0.1, 0.15) is 5.75 Å². The Labute approximate surface area is 94.3 Å². The fourth-order valence-electron chi connectivity index (χ4n) is 1.55. The zero-order valence-corrected chi connectivity index (χ0v) is 9.42.